The molecule has 2 N–H and O–H groups in total. The Kier molecular flexibility index (Phi) is 6.87. The van der Waals surface area contributed by atoms with Crippen LogP contribution in [0.25, 0.3) is 10.8 Å². The van der Waals surface area contributed by atoms with Crippen molar-refractivity contribution >= 4 is 32.7 Å². The third-order valence-corrected chi connectivity index (χ3v) is 6.66. The van der Waals surface area contributed by atoms with Gasteiger partial charge >= 0.3 is 5.97 Å². The van der Waals surface area contributed by atoms with Gasteiger partial charge in [0.25, 0.3) is 5.91 Å². The van der Waals surface area contributed by atoms with E-state index in [-0.39, 0.29) is 16.8 Å². The number of rotatable bonds is 7. The lowest BCUT2D eigenvalue weighted by atomic mass is 9.86. The van der Waals surface area contributed by atoms with Crippen LogP contribution in [0.15, 0.2) is 47.4 Å². The average molecular weight is 419 g/mol. The minimum atomic E-state index is -3.87. The predicted octanol–water partition coefficient (Wildman–Crippen LogP) is 2.36. The smallest absolute Gasteiger partial charge is 0.321 e. The number of carbonyl (C=O) groups excluding carboxylic acids is 2. The molecule has 0 spiro atoms. The monoisotopic (exact) mass is 418 g/mol. The second-order valence-electron chi connectivity index (χ2n) is 7.43. The van der Waals surface area contributed by atoms with Crippen molar-refractivity contribution in [3.8, 4) is 0 Å². The van der Waals surface area contributed by atoms with E-state index in [0.29, 0.717) is 5.92 Å². The second-order valence-corrected chi connectivity index (χ2v) is 9.20. The quantitative estimate of drug-likeness (QED) is 0.672. The fourth-order valence-corrected chi connectivity index (χ4v) is 4.55. The molecule has 2 aromatic rings. The third-order valence-electron chi connectivity index (χ3n) is 5.26. The van der Waals surface area contributed by atoms with Gasteiger partial charge in [-0.1, -0.05) is 50.1 Å². The molecule has 2 atom stereocenters. The Balaban J connectivity index is 1.48. The summed E-state index contributed by atoms with van der Waals surface area (Å²) in [5.41, 5.74) is 0. The summed E-state index contributed by atoms with van der Waals surface area (Å²) in [5, 5.41) is 4.59. The highest BCUT2D eigenvalue weighted by atomic mass is 32.2. The van der Waals surface area contributed by atoms with Crippen molar-refractivity contribution in [2.24, 2.45) is 5.92 Å². The molecule has 1 saturated carbocycles. The third kappa shape index (κ3) is 5.77. The number of hydrogen-bond donors (Lipinski definition) is 2. The van der Waals surface area contributed by atoms with Crippen LogP contribution in [0.3, 0.4) is 0 Å². The molecule has 0 bridgehead atoms. The molecule has 156 valence electrons. The second kappa shape index (κ2) is 9.37. The molecule has 0 unspecified atom stereocenters. The summed E-state index contributed by atoms with van der Waals surface area (Å²) < 4.78 is 32.0. The van der Waals surface area contributed by atoms with Crippen molar-refractivity contribution in [1.82, 2.24) is 10.0 Å². The molecule has 1 amide bonds. The molecule has 0 aliphatic heterocycles. The molecule has 29 heavy (non-hydrogen) atoms. The van der Waals surface area contributed by atoms with Gasteiger partial charge in [-0.2, -0.15) is 4.72 Å². The van der Waals surface area contributed by atoms with Gasteiger partial charge in [0.05, 0.1) is 4.90 Å². The molecule has 0 radical (unpaired) electrons. The molecule has 1 fully saturated rings. The minimum Gasteiger partial charge on any atom is -0.455 e. The van der Waals surface area contributed by atoms with Gasteiger partial charge in [0.15, 0.2) is 6.61 Å². The van der Waals surface area contributed by atoms with Crippen molar-refractivity contribution < 1.29 is 22.7 Å². The largest absolute Gasteiger partial charge is 0.455 e. The van der Waals surface area contributed by atoms with Crippen LogP contribution >= 0.6 is 0 Å². The van der Waals surface area contributed by atoms with E-state index in [9.17, 15) is 18.0 Å². The zero-order valence-electron chi connectivity index (χ0n) is 16.4. The van der Waals surface area contributed by atoms with Crippen LogP contribution in [0.2, 0.25) is 0 Å². The molecular formula is C21H26N2O5S. The summed E-state index contributed by atoms with van der Waals surface area (Å²) in [5.74, 6) is -0.771. The molecule has 1 aliphatic rings. The number of amides is 1. The normalized spacial score (nSPS) is 19.6. The van der Waals surface area contributed by atoms with E-state index in [1.807, 2.05) is 24.3 Å². The maximum Gasteiger partial charge on any atom is 0.321 e. The summed E-state index contributed by atoms with van der Waals surface area (Å²) in [6.45, 7) is 1.14. The highest BCUT2D eigenvalue weighted by Gasteiger charge is 2.23. The first kappa shape index (κ1) is 21.3. The maximum atomic E-state index is 12.4. The predicted molar refractivity (Wildman–Crippen MR) is 110 cm³/mol. The van der Waals surface area contributed by atoms with Gasteiger partial charge in [-0.15, -0.1) is 0 Å². The number of ether oxygens (including phenoxy) is 1. The molecule has 0 heterocycles. The van der Waals surface area contributed by atoms with Gasteiger partial charge in [0, 0.05) is 6.04 Å². The lowest BCUT2D eigenvalue weighted by Gasteiger charge is -2.29. The van der Waals surface area contributed by atoms with Crippen LogP contribution in [0.4, 0.5) is 0 Å². The molecule has 8 heteroatoms. The van der Waals surface area contributed by atoms with E-state index < -0.39 is 29.1 Å². The Morgan fingerprint density at radius 1 is 1.07 bits per heavy atom. The molecule has 7 nitrogen and oxygen atoms in total. The van der Waals surface area contributed by atoms with Crippen LogP contribution in [-0.2, 0) is 24.3 Å². The first-order valence-corrected chi connectivity index (χ1v) is 11.3. The topological polar surface area (TPSA) is 102 Å². The minimum absolute atomic E-state index is 0.0630. The van der Waals surface area contributed by atoms with Gasteiger partial charge in [-0.25, -0.2) is 8.42 Å². The van der Waals surface area contributed by atoms with Crippen LogP contribution in [0.5, 0.6) is 0 Å². The molecular weight excluding hydrogens is 392 g/mol. The molecule has 2 aromatic carbocycles. The van der Waals surface area contributed by atoms with Crippen LogP contribution in [-0.4, -0.2) is 39.5 Å². The summed E-state index contributed by atoms with van der Waals surface area (Å²) in [6, 6.07) is 12.2. The van der Waals surface area contributed by atoms with Gasteiger partial charge < -0.3 is 10.1 Å². The summed E-state index contributed by atoms with van der Waals surface area (Å²) in [4.78, 5) is 23.9. The zero-order valence-corrected chi connectivity index (χ0v) is 17.2. The summed E-state index contributed by atoms with van der Waals surface area (Å²) in [6.07, 6.45) is 4.24. The van der Waals surface area contributed by atoms with Crippen LogP contribution in [0, 0.1) is 5.92 Å². The van der Waals surface area contributed by atoms with E-state index in [1.54, 1.807) is 12.1 Å². The fraction of sp³-hybridized carbons (Fsp3) is 0.429. The van der Waals surface area contributed by atoms with Gasteiger partial charge in [0.2, 0.25) is 10.0 Å². The highest BCUT2D eigenvalue weighted by Crippen LogP contribution is 2.23. The maximum absolute atomic E-state index is 12.4. The first-order chi connectivity index (χ1) is 13.8. The van der Waals surface area contributed by atoms with E-state index in [4.69, 9.17) is 4.74 Å². The zero-order chi connectivity index (χ0) is 20.9. The summed E-state index contributed by atoms with van der Waals surface area (Å²) >= 11 is 0. The van der Waals surface area contributed by atoms with Crippen molar-refractivity contribution in [1.29, 1.82) is 0 Å². The Hall–Kier alpha value is -2.45. The number of benzene rings is 2. The number of esters is 1. The van der Waals surface area contributed by atoms with E-state index in [2.05, 4.69) is 17.0 Å². The first-order valence-electron chi connectivity index (χ1n) is 9.78. The van der Waals surface area contributed by atoms with Gasteiger partial charge in [-0.05, 0) is 41.7 Å². The number of carbonyl (C=O) groups is 2. The Morgan fingerprint density at radius 3 is 2.55 bits per heavy atom. The number of nitrogens with one attached hydrogen (secondary N) is 2. The lowest BCUT2D eigenvalue weighted by molar-refractivity contribution is -0.147. The van der Waals surface area contributed by atoms with Crippen LogP contribution < -0.4 is 10.0 Å². The molecule has 1 aliphatic carbocycles. The van der Waals surface area contributed by atoms with E-state index in [0.717, 1.165) is 30.0 Å². The van der Waals surface area contributed by atoms with E-state index in [1.165, 1.54) is 12.5 Å². The number of hydrogen-bond acceptors (Lipinski definition) is 5. The SMILES string of the molecule is C[C@H]1CCCC[C@H]1NC(=O)COC(=O)CNS(=O)(=O)c1ccc2ccccc2c1. The van der Waals surface area contributed by atoms with Crippen molar-refractivity contribution in [3.63, 3.8) is 0 Å². The lowest BCUT2D eigenvalue weighted by Crippen LogP contribution is -2.43. The van der Waals surface area contributed by atoms with Crippen LogP contribution in [0.1, 0.15) is 32.6 Å². The Morgan fingerprint density at radius 2 is 1.79 bits per heavy atom. The van der Waals surface area contributed by atoms with Crippen molar-refractivity contribution in [3.05, 3.63) is 42.5 Å². The highest BCUT2D eigenvalue weighted by molar-refractivity contribution is 7.89. The van der Waals surface area contributed by atoms with Crippen molar-refractivity contribution in [2.45, 2.75) is 43.5 Å². The van der Waals surface area contributed by atoms with Gasteiger partial charge in [0.1, 0.15) is 6.54 Å². The van der Waals surface area contributed by atoms with Crippen molar-refractivity contribution in [2.75, 3.05) is 13.2 Å². The molecule has 0 saturated heterocycles. The summed E-state index contributed by atoms with van der Waals surface area (Å²) in [7, 11) is -3.87. The number of fused-ring (bicyclic) bond motifs is 1. The Labute approximate surface area is 170 Å². The molecule has 3 rings (SSSR count). The van der Waals surface area contributed by atoms with Gasteiger partial charge in [-0.3, -0.25) is 9.59 Å². The fourth-order valence-electron chi connectivity index (χ4n) is 3.55. The average Bonchev–Trinajstić information content (AvgIpc) is 2.72. The van der Waals surface area contributed by atoms with E-state index >= 15 is 0 Å². The number of sulfonamides is 1. The molecule has 0 aromatic heterocycles. The Bertz CT molecular complexity index is 989. The standard InChI is InChI=1S/C21H26N2O5S/c1-15-6-2-5-9-19(15)23-20(24)14-28-21(25)13-22-29(26,27)18-11-10-16-7-3-4-8-17(16)12-18/h3-4,7-8,10-12,15,19,22H,2,5-6,9,13-14H2,1H3,(H,23,24)/t15-,19+/m0/s1.